The molecule has 0 saturated heterocycles. The van der Waals surface area contributed by atoms with Crippen molar-refractivity contribution >= 4 is 52.7 Å². The number of alkyl halides is 3. The molecule has 0 aliphatic rings. The third-order valence-corrected chi connectivity index (χ3v) is 3.89. The first-order valence-corrected chi connectivity index (χ1v) is 9.41. The van der Waals surface area contributed by atoms with Gasteiger partial charge in [0.05, 0.1) is 0 Å². The van der Waals surface area contributed by atoms with Gasteiger partial charge in [0.15, 0.2) is 0 Å². The van der Waals surface area contributed by atoms with Gasteiger partial charge in [0.2, 0.25) is 3.79 Å². The quantitative estimate of drug-likeness (QED) is 0.476. The highest BCUT2D eigenvalue weighted by atomic mass is 35.6. The number of nitrogens with one attached hydrogen (secondary N) is 1. The van der Waals surface area contributed by atoms with E-state index >= 15 is 0 Å². The molecule has 1 unspecified atom stereocenters. The fourth-order valence-electron chi connectivity index (χ4n) is 1.65. The van der Waals surface area contributed by atoms with Crippen molar-refractivity contribution in [2.45, 2.75) is 22.7 Å². The molecule has 3 N–H and O–H groups in total. The van der Waals surface area contributed by atoms with E-state index in [9.17, 15) is 21.4 Å². The SMILES string of the molecule is FB(F)F.NCCCC(NS(=O)(=O)OCC(Cl)(Cl)Cl)c1ccccc1. The van der Waals surface area contributed by atoms with Crippen molar-refractivity contribution in [3.8, 4) is 0 Å². The lowest BCUT2D eigenvalue weighted by atomic mass is 10.0. The van der Waals surface area contributed by atoms with Crippen molar-refractivity contribution in [3.63, 3.8) is 0 Å². The number of nitrogens with two attached hydrogens (primary N) is 1. The first kappa shape index (κ1) is 24.8. The maximum atomic E-state index is 11.9. The van der Waals surface area contributed by atoms with Crippen LogP contribution in [-0.4, -0.2) is 32.9 Å². The minimum Gasteiger partial charge on any atom is -0.330 e. The minimum atomic E-state index is -4.04. The Morgan fingerprint density at radius 2 is 1.72 bits per heavy atom. The van der Waals surface area contributed by atoms with Gasteiger partial charge in [-0.05, 0) is 24.9 Å². The average Bonchev–Trinajstić information content (AvgIpc) is 2.49. The second-order valence-corrected chi connectivity index (χ2v) is 8.49. The van der Waals surface area contributed by atoms with E-state index in [0.717, 1.165) is 5.56 Å². The molecule has 0 amide bonds. The first-order chi connectivity index (χ1) is 11.5. The number of halogens is 6. The Labute approximate surface area is 160 Å². The second kappa shape index (κ2) is 12.2. The van der Waals surface area contributed by atoms with Crippen molar-refractivity contribution in [3.05, 3.63) is 35.9 Å². The summed E-state index contributed by atoms with van der Waals surface area (Å²) in [5.74, 6) is 0. The van der Waals surface area contributed by atoms with Crippen LogP contribution in [0.5, 0.6) is 0 Å². The largest absolute Gasteiger partial charge is 0.762 e. The van der Waals surface area contributed by atoms with Gasteiger partial charge in [-0.2, -0.15) is 13.1 Å². The van der Waals surface area contributed by atoms with E-state index in [2.05, 4.69) is 8.91 Å². The van der Waals surface area contributed by atoms with Crippen LogP contribution < -0.4 is 10.5 Å². The zero-order valence-electron chi connectivity index (χ0n) is 12.8. The Morgan fingerprint density at radius 1 is 1.20 bits per heavy atom. The Morgan fingerprint density at radius 3 is 2.16 bits per heavy atom. The van der Waals surface area contributed by atoms with Crippen LogP contribution in [0.25, 0.3) is 0 Å². The summed E-state index contributed by atoms with van der Waals surface area (Å²) in [6, 6.07) is 8.67. The third kappa shape index (κ3) is 14.6. The molecule has 0 fully saturated rings. The fraction of sp³-hybridized carbons (Fsp3) is 0.500. The van der Waals surface area contributed by atoms with E-state index in [0.29, 0.717) is 19.4 Å². The van der Waals surface area contributed by atoms with Crippen LogP contribution >= 0.6 is 34.8 Å². The van der Waals surface area contributed by atoms with Crippen LogP contribution in [0.4, 0.5) is 12.9 Å². The molecule has 0 aliphatic heterocycles. The van der Waals surface area contributed by atoms with Gasteiger partial charge in [-0.1, -0.05) is 65.1 Å². The van der Waals surface area contributed by atoms with Gasteiger partial charge in [0.25, 0.3) is 0 Å². The molecule has 1 rings (SSSR count). The zero-order valence-corrected chi connectivity index (χ0v) is 15.9. The molecule has 13 heteroatoms. The summed E-state index contributed by atoms with van der Waals surface area (Å²) in [5.41, 5.74) is 6.29. The molecule has 5 nitrogen and oxygen atoms in total. The van der Waals surface area contributed by atoms with Crippen LogP contribution in [0.15, 0.2) is 30.3 Å². The molecular formula is C12H17BCl3F3N2O3S. The molecule has 1 aromatic rings. The molecule has 0 saturated carbocycles. The Balaban J connectivity index is 0.00000129. The van der Waals surface area contributed by atoms with Gasteiger partial charge in [0, 0.05) is 6.04 Å². The van der Waals surface area contributed by atoms with Crippen molar-refractivity contribution in [2.24, 2.45) is 5.73 Å². The first-order valence-electron chi connectivity index (χ1n) is 6.87. The summed E-state index contributed by atoms with van der Waals surface area (Å²) in [6.07, 6.45) is 1.20. The smallest absolute Gasteiger partial charge is 0.330 e. The van der Waals surface area contributed by atoms with E-state index in [1.165, 1.54) is 0 Å². The Kier molecular flexibility index (Phi) is 12.1. The van der Waals surface area contributed by atoms with Crippen molar-refractivity contribution in [1.29, 1.82) is 0 Å². The molecular weight excluding hydrogens is 426 g/mol. The average molecular weight is 444 g/mol. The van der Waals surface area contributed by atoms with Gasteiger partial charge in [0.1, 0.15) is 6.61 Å². The molecule has 25 heavy (non-hydrogen) atoms. The standard InChI is InChI=1S/C12H17Cl3N2O3S.BF3/c13-12(14,15)9-20-21(18,19)17-11(7-4-8-16)10-5-2-1-3-6-10;2-1(3)4/h1-3,5-6,11,17H,4,7-9,16H2;. The van der Waals surface area contributed by atoms with Crippen LogP contribution in [0, 0.1) is 0 Å². The summed E-state index contributed by atoms with van der Waals surface area (Å²) in [7, 11) is -7.70. The van der Waals surface area contributed by atoms with Gasteiger partial charge in [-0.15, -0.1) is 0 Å². The van der Waals surface area contributed by atoms with Gasteiger partial charge < -0.3 is 5.73 Å². The molecule has 0 heterocycles. The molecule has 0 aliphatic carbocycles. The highest BCUT2D eigenvalue weighted by molar-refractivity contribution is 7.84. The maximum absolute atomic E-state index is 11.9. The van der Waals surface area contributed by atoms with E-state index in [-0.39, 0.29) is 0 Å². The zero-order chi connectivity index (χ0) is 19.5. The Bertz CT molecular complexity index is 577. The summed E-state index contributed by atoms with van der Waals surface area (Å²) < 4.78 is 58.1. The van der Waals surface area contributed by atoms with Gasteiger partial charge >= 0.3 is 17.8 Å². The maximum Gasteiger partial charge on any atom is 0.762 e. The number of hydrogen-bond acceptors (Lipinski definition) is 4. The van der Waals surface area contributed by atoms with Crippen LogP contribution in [0.3, 0.4) is 0 Å². The fourth-order valence-corrected chi connectivity index (χ4v) is 3.01. The predicted molar refractivity (Wildman–Crippen MR) is 94.8 cm³/mol. The lowest BCUT2D eigenvalue weighted by molar-refractivity contribution is 0.312. The number of rotatable bonds is 8. The summed E-state index contributed by atoms with van der Waals surface area (Å²) >= 11 is 16.4. The Hall–Kier alpha value is -0.225. The highest BCUT2D eigenvalue weighted by Gasteiger charge is 2.26. The molecule has 144 valence electrons. The van der Waals surface area contributed by atoms with Crippen LogP contribution in [0.1, 0.15) is 24.4 Å². The lowest BCUT2D eigenvalue weighted by Gasteiger charge is -2.19. The van der Waals surface area contributed by atoms with Crippen molar-refractivity contribution < 1.29 is 25.5 Å². The monoisotopic (exact) mass is 442 g/mol. The summed E-state index contributed by atoms with van der Waals surface area (Å²) in [5, 5.41) is 0. The summed E-state index contributed by atoms with van der Waals surface area (Å²) in [6.45, 7) is -0.106. The van der Waals surface area contributed by atoms with E-state index < -0.39 is 34.3 Å². The lowest BCUT2D eigenvalue weighted by Crippen LogP contribution is -2.32. The summed E-state index contributed by atoms with van der Waals surface area (Å²) in [4.78, 5) is 0. The highest BCUT2D eigenvalue weighted by Crippen LogP contribution is 2.27. The minimum absolute atomic E-state index is 0.449. The molecule has 0 bridgehead atoms. The second-order valence-electron chi connectivity index (χ2n) is 4.59. The van der Waals surface area contributed by atoms with E-state index in [4.69, 9.17) is 40.5 Å². The number of benzene rings is 1. The molecule has 0 radical (unpaired) electrons. The van der Waals surface area contributed by atoms with Crippen molar-refractivity contribution in [2.75, 3.05) is 13.2 Å². The van der Waals surface area contributed by atoms with Gasteiger partial charge in [-0.3, -0.25) is 17.1 Å². The van der Waals surface area contributed by atoms with Crippen LogP contribution in [0.2, 0.25) is 0 Å². The third-order valence-electron chi connectivity index (χ3n) is 2.56. The van der Waals surface area contributed by atoms with E-state index in [1.54, 1.807) is 0 Å². The molecule has 0 aromatic heterocycles. The molecule has 1 aromatic carbocycles. The topological polar surface area (TPSA) is 81.4 Å². The van der Waals surface area contributed by atoms with Gasteiger partial charge in [-0.25, -0.2) is 0 Å². The predicted octanol–water partition coefficient (Wildman–Crippen LogP) is 3.57. The van der Waals surface area contributed by atoms with E-state index in [1.807, 2.05) is 30.3 Å². The molecule has 0 spiro atoms. The van der Waals surface area contributed by atoms with Crippen molar-refractivity contribution in [1.82, 2.24) is 4.72 Å². The molecule has 1 atom stereocenters. The number of hydrogen-bond donors (Lipinski definition) is 2. The normalized spacial score (nSPS) is 12.9. The van der Waals surface area contributed by atoms with Crippen LogP contribution in [-0.2, 0) is 14.5 Å².